The average Bonchev–Trinajstić information content (AvgIpc) is 3.25. The van der Waals surface area contributed by atoms with Crippen LogP contribution in [0.1, 0.15) is 46.5 Å². The molecule has 0 unspecified atom stereocenters. The molecule has 0 spiro atoms. The third-order valence-corrected chi connectivity index (χ3v) is 7.37. The molecule has 33 heavy (non-hydrogen) atoms. The lowest BCUT2D eigenvalue weighted by molar-refractivity contribution is -0.377. The number of ether oxygens (including phenoxy) is 1. The van der Waals surface area contributed by atoms with Crippen LogP contribution < -0.4 is 5.43 Å². The molecule has 4 rings (SSSR count). The van der Waals surface area contributed by atoms with Gasteiger partial charge in [-0.2, -0.15) is 4.90 Å². The first kappa shape index (κ1) is 23.6. The maximum absolute atomic E-state index is 10.9. The SMILES string of the molecule is CC1=C[C@@H](CN2CCC(O)CC2)[C@H](C(C)C)C[C@H]1CC1=NNC(=C2C=CC(=[N+]([O-])[O-])C=C2)O1. The van der Waals surface area contributed by atoms with Gasteiger partial charge in [-0.25, -0.2) is 5.43 Å². The number of hydrazone groups is 1. The van der Waals surface area contributed by atoms with Gasteiger partial charge in [0.2, 0.25) is 17.5 Å². The number of hydrogen-bond donors (Lipinski definition) is 2. The van der Waals surface area contributed by atoms with Gasteiger partial charge in [-0.15, -0.1) is 5.10 Å². The van der Waals surface area contributed by atoms with Gasteiger partial charge in [0.25, 0.3) is 0 Å². The van der Waals surface area contributed by atoms with Crippen LogP contribution in [0, 0.1) is 34.1 Å². The van der Waals surface area contributed by atoms with Crippen LogP contribution in [0.4, 0.5) is 0 Å². The minimum atomic E-state index is -0.412. The largest absolute Gasteiger partial charge is 0.612 e. The Bertz CT molecular complexity index is 901. The number of nitrogens with zero attached hydrogens (tertiary/aromatic N) is 3. The van der Waals surface area contributed by atoms with Crippen molar-refractivity contribution in [2.45, 2.75) is 52.6 Å². The van der Waals surface area contributed by atoms with Crippen molar-refractivity contribution in [2.75, 3.05) is 19.6 Å². The predicted molar refractivity (Wildman–Crippen MR) is 129 cm³/mol. The molecular formula is C25H35N4O4-. The molecule has 1 saturated heterocycles. The molecule has 3 atom stereocenters. The summed E-state index contributed by atoms with van der Waals surface area (Å²) < 4.78 is 5.98. The van der Waals surface area contributed by atoms with E-state index < -0.39 is 4.90 Å². The monoisotopic (exact) mass is 455 g/mol. The van der Waals surface area contributed by atoms with Crippen molar-refractivity contribution < 1.29 is 14.7 Å². The van der Waals surface area contributed by atoms with E-state index in [4.69, 9.17) is 4.74 Å². The van der Waals surface area contributed by atoms with E-state index in [0.29, 0.717) is 35.5 Å². The van der Waals surface area contributed by atoms with Crippen LogP contribution in [0.2, 0.25) is 0 Å². The number of allylic oxidation sites excluding steroid dienone is 6. The minimum absolute atomic E-state index is 0.0523. The summed E-state index contributed by atoms with van der Waals surface area (Å²) in [5.41, 5.74) is 5.13. The topological polar surface area (TPSA) is 106 Å². The maximum Gasteiger partial charge on any atom is 0.222 e. The fraction of sp³-hybridized carbons (Fsp3) is 0.600. The molecule has 4 aliphatic rings. The van der Waals surface area contributed by atoms with Crippen molar-refractivity contribution in [3.8, 4) is 0 Å². The summed E-state index contributed by atoms with van der Waals surface area (Å²) in [7, 11) is 0. The second-order valence-electron chi connectivity index (χ2n) is 10.0. The smallest absolute Gasteiger partial charge is 0.222 e. The van der Waals surface area contributed by atoms with Gasteiger partial charge in [-0.05, 0) is 62.0 Å². The molecule has 2 heterocycles. The summed E-state index contributed by atoms with van der Waals surface area (Å²) in [6.07, 6.45) is 12.2. The highest BCUT2D eigenvalue weighted by molar-refractivity contribution is 6.02. The van der Waals surface area contributed by atoms with Gasteiger partial charge in [0.1, 0.15) is 0 Å². The highest BCUT2D eigenvalue weighted by Crippen LogP contribution is 2.40. The van der Waals surface area contributed by atoms with Crippen molar-refractivity contribution in [1.29, 1.82) is 0 Å². The lowest BCUT2D eigenvalue weighted by Crippen LogP contribution is -2.42. The third-order valence-electron chi connectivity index (χ3n) is 7.37. The summed E-state index contributed by atoms with van der Waals surface area (Å²) in [6.45, 7) is 9.88. The molecule has 8 nitrogen and oxygen atoms in total. The molecular weight excluding hydrogens is 420 g/mol. The van der Waals surface area contributed by atoms with E-state index in [9.17, 15) is 15.5 Å². The Morgan fingerprint density at radius 3 is 2.55 bits per heavy atom. The van der Waals surface area contributed by atoms with Crippen LogP contribution in [-0.4, -0.2) is 52.3 Å². The zero-order valence-corrected chi connectivity index (χ0v) is 19.7. The second kappa shape index (κ2) is 10.1. The Balaban J connectivity index is 1.39. The Kier molecular flexibility index (Phi) is 7.24. The fourth-order valence-electron chi connectivity index (χ4n) is 5.32. The van der Waals surface area contributed by atoms with Gasteiger partial charge in [-0.3, -0.25) is 0 Å². The van der Waals surface area contributed by atoms with Crippen molar-refractivity contribution in [3.63, 3.8) is 0 Å². The zero-order valence-electron chi connectivity index (χ0n) is 19.7. The summed E-state index contributed by atoms with van der Waals surface area (Å²) in [5, 5.41) is 35.9. The van der Waals surface area contributed by atoms with Crippen molar-refractivity contribution in [3.05, 3.63) is 57.8 Å². The second-order valence-corrected chi connectivity index (χ2v) is 10.0. The first-order chi connectivity index (χ1) is 15.8. The Morgan fingerprint density at radius 1 is 1.21 bits per heavy atom. The van der Waals surface area contributed by atoms with Crippen LogP contribution in [0.3, 0.4) is 0 Å². The minimum Gasteiger partial charge on any atom is -0.612 e. The van der Waals surface area contributed by atoms with Gasteiger partial charge in [-0.1, -0.05) is 25.5 Å². The van der Waals surface area contributed by atoms with Gasteiger partial charge in [0.15, 0.2) is 0 Å². The van der Waals surface area contributed by atoms with Gasteiger partial charge >= 0.3 is 0 Å². The first-order valence-corrected chi connectivity index (χ1v) is 12.0. The van der Waals surface area contributed by atoms with E-state index in [1.54, 1.807) is 12.2 Å². The van der Waals surface area contributed by atoms with Crippen LogP contribution in [-0.2, 0) is 4.74 Å². The van der Waals surface area contributed by atoms with E-state index in [-0.39, 0.29) is 11.8 Å². The van der Waals surface area contributed by atoms with Crippen molar-refractivity contribution in [1.82, 2.24) is 10.3 Å². The molecule has 0 aromatic heterocycles. The van der Waals surface area contributed by atoms with E-state index in [2.05, 4.69) is 42.3 Å². The third kappa shape index (κ3) is 5.68. The molecule has 2 N–H and O–H groups in total. The first-order valence-electron chi connectivity index (χ1n) is 12.0. The molecule has 0 aromatic rings. The molecule has 8 heteroatoms. The number of aliphatic hydroxyl groups is 1. The molecule has 1 fully saturated rings. The van der Waals surface area contributed by atoms with Crippen LogP contribution in [0.5, 0.6) is 0 Å². The average molecular weight is 456 g/mol. The predicted octanol–water partition coefficient (Wildman–Crippen LogP) is 3.41. The van der Waals surface area contributed by atoms with Crippen molar-refractivity contribution in [2.24, 2.45) is 28.8 Å². The van der Waals surface area contributed by atoms with E-state index >= 15 is 0 Å². The van der Waals surface area contributed by atoms with E-state index in [1.165, 1.54) is 17.7 Å². The number of aliphatic hydroxyl groups excluding tert-OH is 1. The summed E-state index contributed by atoms with van der Waals surface area (Å²) in [4.78, 5) is 2.10. The Hall–Kier alpha value is -2.58. The molecule has 0 saturated carbocycles. The highest BCUT2D eigenvalue weighted by atomic mass is 16.8. The number of piperidine rings is 1. The molecule has 0 radical (unpaired) electrons. The molecule has 2 aliphatic heterocycles. The number of likely N-dealkylation sites (tertiary alicyclic amines) is 1. The summed E-state index contributed by atoms with van der Waals surface area (Å²) in [5.74, 6) is 3.27. The molecule has 0 amide bonds. The molecule has 180 valence electrons. The quantitative estimate of drug-likeness (QED) is 0.374. The fourth-order valence-corrected chi connectivity index (χ4v) is 5.32. The van der Waals surface area contributed by atoms with Crippen LogP contribution in [0.15, 0.2) is 52.5 Å². The Morgan fingerprint density at radius 2 is 1.91 bits per heavy atom. The number of hydrogen-bond acceptors (Lipinski definition) is 7. The lowest BCUT2D eigenvalue weighted by Gasteiger charge is -2.40. The highest BCUT2D eigenvalue weighted by Gasteiger charge is 2.34. The molecule has 2 aliphatic carbocycles. The standard InChI is InChI=1S/C25H35N4O4/c1-16(2)23-13-19(17(3)12-20(23)15-28-10-8-22(30)9-11-28)14-24-26-27-25(33-24)18-4-6-21(7-5-18)29(31)32/h4-7,12,16,19-20,22-23,27,30H,8-11,13-15H2,1-3H3/q-1/t19-,20-,23-/m0/s1. The van der Waals surface area contributed by atoms with E-state index in [1.807, 2.05) is 0 Å². The van der Waals surface area contributed by atoms with E-state index in [0.717, 1.165) is 50.9 Å². The van der Waals surface area contributed by atoms with Gasteiger partial charge in [0, 0.05) is 43.8 Å². The van der Waals surface area contributed by atoms with Gasteiger partial charge < -0.3 is 25.2 Å². The maximum atomic E-state index is 10.9. The number of nitrogens with one attached hydrogen (secondary N) is 1. The summed E-state index contributed by atoms with van der Waals surface area (Å²) in [6, 6.07) is 0. The van der Waals surface area contributed by atoms with Gasteiger partial charge in [0.05, 0.1) is 6.10 Å². The number of rotatable bonds is 5. The molecule has 0 bridgehead atoms. The van der Waals surface area contributed by atoms with Crippen molar-refractivity contribution >= 4 is 11.6 Å². The normalized spacial score (nSPS) is 28.6. The molecule has 0 aromatic carbocycles. The van der Waals surface area contributed by atoms with Crippen LogP contribution in [0.25, 0.3) is 0 Å². The summed E-state index contributed by atoms with van der Waals surface area (Å²) >= 11 is 0. The lowest BCUT2D eigenvalue weighted by atomic mass is 9.69. The van der Waals surface area contributed by atoms with Crippen LogP contribution >= 0.6 is 0 Å². The Labute approximate surface area is 195 Å². The zero-order chi connectivity index (χ0) is 23.5.